The highest BCUT2D eigenvalue weighted by molar-refractivity contribution is 5.96. The second-order valence-corrected chi connectivity index (χ2v) is 2.53. The summed E-state index contributed by atoms with van der Waals surface area (Å²) in [5.41, 5.74) is 5.62. The summed E-state index contributed by atoms with van der Waals surface area (Å²) in [6.07, 6.45) is 0. The number of hydrogen-bond donors (Lipinski definition) is 2. The highest BCUT2D eigenvalue weighted by Gasteiger charge is 2.13. The normalized spacial score (nSPS) is 9.14. The van der Waals surface area contributed by atoms with Gasteiger partial charge in [-0.15, -0.1) is 0 Å². The lowest BCUT2D eigenvalue weighted by Crippen LogP contribution is -2.03. The van der Waals surface area contributed by atoms with Crippen LogP contribution in [-0.4, -0.2) is 18.2 Å². The number of hydrogen-bond acceptors (Lipinski definition) is 3. The number of benzene rings is 1. The Hall–Kier alpha value is -2.22. The molecule has 0 aromatic heterocycles. The largest absolute Gasteiger partial charge is 0.496 e. The monoisotopic (exact) mass is 192 g/mol. The third kappa shape index (κ3) is 1.59. The first-order valence-corrected chi connectivity index (χ1v) is 3.68. The van der Waals surface area contributed by atoms with Crippen LogP contribution in [0.15, 0.2) is 12.1 Å². The second kappa shape index (κ2) is 3.66. The van der Waals surface area contributed by atoms with Gasteiger partial charge in [-0.05, 0) is 12.1 Å². The Balaban J connectivity index is 3.44. The minimum absolute atomic E-state index is 0.0346. The van der Waals surface area contributed by atoms with Crippen molar-refractivity contribution < 1.29 is 14.6 Å². The topological polar surface area (TPSA) is 76.9 Å². The van der Waals surface area contributed by atoms with E-state index in [0.717, 1.165) is 0 Å². The lowest BCUT2D eigenvalue weighted by molar-refractivity contribution is 0.0698. The molecule has 72 valence electrons. The van der Waals surface area contributed by atoms with E-state index < -0.39 is 5.97 Å². The van der Waals surface area contributed by atoms with Gasteiger partial charge in [-0.3, -0.25) is 0 Å². The van der Waals surface area contributed by atoms with Gasteiger partial charge in [0, 0.05) is 0 Å². The van der Waals surface area contributed by atoms with Crippen LogP contribution in [0.5, 0.6) is 5.75 Å². The number of nitrogen functional groups attached to an aromatic ring is 1. The van der Waals surface area contributed by atoms with Gasteiger partial charge in [0.1, 0.15) is 5.75 Å². The summed E-state index contributed by atoms with van der Waals surface area (Å²) < 4.78 is 4.85. The maximum absolute atomic E-state index is 10.7. The number of carboxylic acid groups (broad SMARTS) is 1. The zero-order valence-corrected chi connectivity index (χ0v) is 7.44. The molecule has 0 heterocycles. The molecule has 0 bridgehead atoms. The summed E-state index contributed by atoms with van der Waals surface area (Å²) in [5, 5.41) is 8.77. The Morgan fingerprint density at radius 1 is 1.64 bits per heavy atom. The Bertz CT molecular complexity index is 421. The molecule has 14 heavy (non-hydrogen) atoms. The van der Waals surface area contributed by atoms with Crippen LogP contribution in [0.25, 0.3) is 4.85 Å². The molecule has 0 saturated heterocycles. The van der Waals surface area contributed by atoms with Crippen molar-refractivity contribution in [2.24, 2.45) is 0 Å². The van der Waals surface area contributed by atoms with Gasteiger partial charge in [0.05, 0.1) is 24.9 Å². The number of carbonyl (C=O) groups is 1. The maximum atomic E-state index is 10.7. The summed E-state index contributed by atoms with van der Waals surface area (Å²) in [6.45, 7) is 6.76. The zero-order chi connectivity index (χ0) is 10.7. The number of aromatic carboxylic acids is 1. The van der Waals surface area contributed by atoms with Gasteiger partial charge in [-0.1, -0.05) is 0 Å². The first kappa shape index (κ1) is 9.86. The van der Waals surface area contributed by atoms with Crippen molar-refractivity contribution in [2.45, 2.75) is 0 Å². The fraction of sp³-hybridized carbons (Fsp3) is 0.111. The summed E-state index contributed by atoms with van der Waals surface area (Å²) in [6, 6.07) is 2.61. The van der Waals surface area contributed by atoms with Gasteiger partial charge >= 0.3 is 5.97 Å². The lowest BCUT2D eigenvalue weighted by atomic mass is 10.1. The third-order valence-electron chi connectivity index (χ3n) is 1.71. The molecule has 5 nitrogen and oxygen atoms in total. The quantitative estimate of drug-likeness (QED) is 0.550. The van der Waals surface area contributed by atoms with E-state index in [9.17, 15) is 4.79 Å². The molecular weight excluding hydrogens is 184 g/mol. The van der Waals surface area contributed by atoms with Crippen LogP contribution < -0.4 is 10.5 Å². The summed E-state index contributed by atoms with van der Waals surface area (Å²) in [4.78, 5) is 13.8. The standard InChI is InChI=1S/C9H8N2O3/c1-11-5-3-6(9(12)13)8(10)7(4-5)14-2/h3-4H,10H2,2H3,(H,12,13). The first-order chi connectivity index (χ1) is 6.60. The number of nitrogens with zero attached hydrogens (tertiary/aromatic N) is 1. The molecule has 1 rings (SSSR count). The van der Waals surface area contributed by atoms with Crippen molar-refractivity contribution in [3.8, 4) is 5.75 Å². The molecule has 0 aliphatic carbocycles. The van der Waals surface area contributed by atoms with Gasteiger partial charge < -0.3 is 15.6 Å². The van der Waals surface area contributed by atoms with Crippen molar-refractivity contribution in [1.82, 2.24) is 0 Å². The molecule has 0 atom stereocenters. The molecule has 1 aromatic rings. The van der Waals surface area contributed by atoms with Gasteiger partial charge in [-0.2, -0.15) is 0 Å². The van der Waals surface area contributed by atoms with Crippen LogP contribution >= 0.6 is 0 Å². The predicted molar refractivity (Wildman–Crippen MR) is 50.6 cm³/mol. The van der Waals surface area contributed by atoms with Crippen LogP contribution in [-0.2, 0) is 0 Å². The number of carboxylic acids is 1. The number of ether oxygens (including phenoxy) is 1. The molecular formula is C9H8N2O3. The van der Waals surface area contributed by atoms with E-state index >= 15 is 0 Å². The van der Waals surface area contributed by atoms with Crippen molar-refractivity contribution in [3.63, 3.8) is 0 Å². The SMILES string of the molecule is [C-]#[N+]c1cc(OC)c(N)c(C(=O)O)c1. The number of rotatable bonds is 2. The van der Waals surface area contributed by atoms with Crippen LogP contribution in [0.4, 0.5) is 11.4 Å². The molecule has 0 radical (unpaired) electrons. The molecule has 0 fully saturated rings. The molecule has 0 spiro atoms. The average Bonchev–Trinajstić information content (AvgIpc) is 2.17. The van der Waals surface area contributed by atoms with Gasteiger partial charge in [0.2, 0.25) is 0 Å². The fourth-order valence-corrected chi connectivity index (χ4v) is 1.02. The molecule has 0 saturated carbocycles. The Labute approximate surface area is 80.5 Å². The lowest BCUT2D eigenvalue weighted by Gasteiger charge is -2.07. The smallest absolute Gasteiger partial charge is 0.336 e. The molecule has 0 aliphatic rings. The van der Waals surface area contributed by atoms with Gasteiger partial charge in [0.15, 0.2) is 5.69 Å². The van der Waals surface area contributed by atoms with E-state index in [-0.39, 0.29) is 22.7 Å². The predicted octanol–water partition coefficient (Wildman–Crippen LogP) is 1.53. The van der Waals surface area contributed by atoms with E-state index in [1.807, 2.05) is 0 Å². The Morgan fingerprint density at radius 3 is 2.71 bits per heavy atom. The van der Waals surface area contributed by atoms with Gasteiger partial charge in [-0.25, -0.2) is 9.64 Å². The summed E-state index contributed by atoms with van der Waals surface area (Å²) in [5.74, 6) is -0.970. The van der Waals surface area contributed by atoms with E-state index in [1.165, 1.54) is 19.2 Å². The van der Waals surface area contributed by atoms with E-state index in [1.54, 1.807) is 0 Å². The molecule has 0 amide bonds. The molecule has 5 heteroatoms. The highest BCUT2D eigenvalue weighted by atomic mass is 16.5. The number of nitrogens with two attached hydrogens (primary N) is 1. The molecule has 0 aliphatic heterocycles. The van der Waals surface area contributed by atoms with Crippen molar-refractivity contribution in [3.05, 3.63) is 29.1 Å². The molecule has 1 aromatic carbocycles. The van der Waals surface area contributed by atoms with Crippen molar-refractivity contribution in [2.75, 3.05) is 12.8 Å². The highest BCUT2D eigenvalue weighted by Crippen LogP contribution is 2.31. The Kier molecular flexibility index (Phi) is 2.58. The third-order valence-corrected chi connectivity index (χ3v) is 1.71. The average molecular weight is 192 g/mol. The van der Waals surface area contributed by atoms with Crippen LogP contribution in [0.3, 0.4) is 0 Å². The van der Waals surface area contributed by atoms with E-state index in [0.29, 0.717) is 0 Å². The summed E-state index contributed by atoms with van der Waals surface area (Å²) >= 11 is 0. The van der Waals surface area contributed by atoms with Crippen LogP contribution in [0.1, 0.15) is 10.4 Å². The fourth-order valence-electron chi connectivity index (χ4n) is 1.02. The first-order valence-electron chi connectivity index (χ1n) is 3.68. The van der Waals surface area contributed by atoms with E-state index in [2.05, 4.69) is 4.85 Å². The van der Waals surface area contributed by atoms with Gasteiger partial charge in [0.25, 0.3) is 0 Å². The van der Waals surface area contributed by atoms with Crippen molar-refractivity contribution >= 4 is 17.3 Å². The minimum atomic E-state index is -1.17. The van der Waals surface area contributed by atoms with Crippen molar-refractivity contribution in [1.29, 1.82) is 0 Å². The van der Waals surface area contributed by atoms with E-state index in [4.69, 9.17) is 22.1 Å². The summed E-state index contributed by atoms with van der Waals surface area (Å²) in [7, 11) is 1.37. The number of anilines is 1. The van der Waals surface area contributed by atoms with Crippen LogP contribution in [0, 0.1) is 6.57 Å². The Morgan fingerprint density at radius 2 is 2.29 bits per heavy atom. The minimum Gasteiger partial charge on any atom is -0.496 e. The molecule has 0 unspecified atom stereocenters. The number of methoxy groups -OCH3 is 1. The molecule has 3 N–H and O–H groups in total. The van der Waals surface area contributed by atoms with Crippen LogP contribution in [0.2, 0.25) is 0 Å². The zero-order valence-electron chi connectivity index (χ0n) is 7.44. The maximum Gasteiger partial charge on any atom is 0.336 e. The second-order valence-electron chi connectivity index (χ2n) is 2.53.